The highest BCUT2D eigenvalue weighted by Crippen LogP contribution is 2.19. The van der Waals surface area contributed by atoms with Gasteiger partial charge >= 0.3 is 0 Å². The minimum Gasteiger partial charge on any atom is -0.301 e. The molecule has 1 aliphatic rings. The second-order valence-electron chi connectivity index (χ2n) is 5.93. The molecule has 2 heteroatoms. The van der Waals surface area contributed by atoms with Crippen LogP contribution in [0, 0.1) is 0 Å². The molecule has 106 valence electrons. The third-order valence-corrected chi connectivity index (χ3v) is 4.61. The Morgan fingerprint density at radius 1 is 1.21 bits per heavy atom. The summed E-state index contributed by atoms with van der Waals surface area (Å²) < 4.78 is 0. The summed E-state index contributed by atoms with van der Waals surface area (Å²) in [7, 11) is 2.27. The summed E-state index contributed by atoms with van der Waals surface area (Å²) in [5, 5.41) is 0. The highest BCUT2D eigenvalue weighted by Gasteiger charge is 2.24. The molecule has 0 spiro atoms. The first-order chi connectivity index (χ1) is 9.20. The molecule has 0 N–H and O–H groups in total. The summed E-state index contributed by atoms with van der Waals surface area (Å²) in [6, 6.07) is 12.3. The second-order valence-corrected chi connectivity index (χ2v) is 5.93. The van der Waals surface area contributed by atoms with Gasteiger partial charge in [0.25, 0.3) is 0 Å². The molecule has 1 saturated heterocycles. The number of hydrogen-bond acceptors (Lipinski definition) is 2. The summed E-state index contributed by atoms with van der Waals surface area (Å²) in [6.45, 7) is 8.25. The summed E-state index contributed by atoms with van der Waals surface area (Å²) in [4.78, 5) is 5.18. The molecular weight excluding hydrogens is 232 g/mol. The smallest absolute Gasteiger partial charge is 0.0233 e. The van der Waals surface area contributed by atoms with Crippen molar-refractivity contribution in [1.29, 1.82) is 0 Å². The van der Waals surface area contributed by atoms with Crippen LogP contribution in [0.1, 0.15) is 38.7 Å². The molecule has 1 aromatic rings. The summed E-state index contributed by atoms with van der Waals surface area (Å²) in [5.41, 5.74) is 1.43. The van der Waals surface area contributed by atoms with E-state index in [9.17, 15) is 0 Å². The van der Waals surface area contributed by atoms with Gasteiger partial charge in [0.2, 0.25) is 0 Å². The minimum absolute atomic E-state index is 0.750. The minimum atomic E-state index is 0.750. The highest BCUT2D eigenvalue weighted by molar-refractivity contribution is 5.14. The highest BCUT2D eigenvalue weighted by atomic mass is 15.2. The van der Waals surface area contributed by atoms with E-state index in [2.05, 4.69) is 61.0 Å². The molecule has 0 aromatic heterocycles. The molecule has 1 aliphatic heterocycles. The number of piperidine rings is 1. The molecule has 1 atom stereocenters. The Labute approximate surface area is 118 Å². The Hall–Kier alpha value is -0.860. The summed E-state index contributed by atoms with van der Waals surface area (Å²) in [5.74, 6) is 0. The fraction of sp³-hybridized carbons (Fsp3) is 0.647. The largest absolute Gasteiger partial charge is 0.301 e. The van der Waals surface area contributed by atoms with Crippen LogP contribution in [0.4, 0.5) is 0 Å². The van der Waals surface area contributed by atoms with E-state index in [1.165, 1.54) is 37.9 Å². The predicted molar refractivity (Wildman–Crippen MR) is 82.3 cm³/mol. The number of nitrogens with zero attached hydrogens (tertiary/aromatic N) is 2. The van der Waals surface area contributed by atoms with Crippen LogP contribution in [-0.4, -0.2) is 42.0 Å². The lowest BCUT2D eigenvalue weighted by Gasteiger charge is -2.39. The lowest BCUT2D eigenvalue weighted by atomic mass is 10.0. The Balaban J connectivity index is 1.81. The maximum atomic E-state index is 2.65. The maximum Gasteiger partial charge on any atom is 0.0233 e. The van der Waals surface area contributed by atoms with Gasteiger partial charge in [0, 0.05) is 18.6 Å². The van der Waals surface area contributed by atoms with Gasteiger partial charge < -0.3 is 4.90 Å². The monoisotopic (exact) mass is 260 g/mol. The van der Waals surface area contributed by atoms with Gasteiger partial charge in [0.1, 0.15) is 0 Å². The van der Waals surface area contributed by atoms with E-state index in [0.29, 0.717) is 0 Å². The molecule has 2 rings (SSSR count). The first kappa shape index (κ1) is 14.5. The average Bonchev–Trinajstić information content (AvgIpc) is 2.47. The lowest BCUT2D eigenvalue weighted by Crippen LogP contribution is -2.46. The van der Waals surface area contributed by atoms with Crippen molar-refractivity contribution in [3.63, 3.8) is 0 Å². The Morgan fingerprint density at radius 3 is 2.42 bits per heavy atom. The molecule has 0 aliphatic carbocycles. The van der Waals surface area contributed by atoms with Crippen LogP contribution in [0.25, 0.3) is 0 Å². The molecular formula is C17H28N2. The van der Waals surface area contributed by atoms with Gasteiger partial charge in [-0.25, -0.2) is 0 Å². The molecule has 0 radical (unpaired) electrons. The predicted octanol–water partition coefficient (Wildman–Crippen LogP) is 3.38. The van der Waals surface area contributed by atoms with E-state index in [1.807, 2.05) is 0 Å². The molecule has 0 bridgehead atoms. The Kier molecular flexibility index (Phi) is 5.41. The van der Waals surface area contributed by atoms with Crippen LogP contribution >= 0.6 is 0 Å². The van der Waals surface area contributed by atoms with Crippen LogP contribution in [0.3, 0.4) is 0 Å². The van der Waals surface area contributed by atoms with Crippen molar-refractivity contribution in [3.8, 4) is 0 Å². The van der Waals surface area contributed by atoms with Crippen molar-refractivity contribution in [3.05, 3.63) is 35.9 Å². The zero-order chi connectivity index (χ0) is 13.7. The first-order valence-electron chi connectivity index (χ1n) is 7.69. The van der Waals surface area contributed by atoms with Crippen LogP contribution in [0.15, 0.2) is 30.3 Å². The fourth-order valence-corrected chi connectivity index (χ4v) is 3.03. The van der Waals surface area contributed by atoms with Gasteiger partial charge in [0.05, 0.1) is 0 Å². The molecule has 2 nitrogen and oxygen atoms in total. The van der Waals surface area contributed by atoms with Gasteiger partial charge in [-0.05, 0) is 51.9 Å². The molecule has 0 saturated carbocycles. The molecule has 19 heavy (non-hydrogen) atoms. The van der Waals surface area contributed by atoms with Gasteiger partial charge in [0.15, 0.2) is 0 Å². The van der Waals surface area contributed by atoms with Crippen molar-refractivity contribution in [2.45, 2.75) is 51.7 Å². The van der Waals surface area contributed by atoms with Crippen molar-refractivity contribution >= 4 is 0 Å². The van der Waals surface area contributed by atoms with Gasteiger partial charge in [-0.15, -0.1) is 0 Å². The molecule has 1 heterocycles. The molecule has 1 aromatic carbocycles. The maximum absolute atomic E-state index is 2.65. The zero-order valence-corrected chi connectivity index (χ0v) is 12.7. The number of likely N-dealkylation sites (tertiary alicyclic amines) is 1. The van der Waals surface area contributed by atoms with Crippen molar-refractivity contribution in [2.24, 2.45) is 0 Å². The average molecular weight is 260 g/mol. The van der Waals surface area contributed by atoms with Crippen LogP contribution in [0.5, 0.6) is 0 Å². The van der Waals surface area contributed by atoms with E-state index in [-0.39, 0.29) is 0 Å². The number of hydrogen-bond donors (Lipinski definition) is 0. The third-order valence-electron chi connectivity index (χ3n) is 4.61. The zero-order valence-electron chi connectivity index (χ0n) is 12.7. The molecule has 1 fully saturated rings. The second kappa shape index (κ2) is 7.06. The lowest BCUT2D eigenvalue weighted by molar-refractivity contribution is 0.0975. The summed E-state index contributed by atoms with van der Waals surface area (Å²) in [6.07, 6.45) is 3.89. The van der Waals surface area contributed by atoms with Crippen LogP contribution in [0.2, 0.25) is 0 Å². The quantitative estimate of drug-likeness (QED) is 0.801. The normalized spacial score (nSPS) is 19.8. The Morgan fingerprint density at radius 2 is 1.84 bits per heavy atom. The topological polar surface area (TPSA) is 6.48 Å². The van der Waals surface area contributed by atoms with Crippen LogP contribution in [-0.2, 0) is 6.54 Å². The Bertz CT molecular complexity index is 355. The van der Waals surface area contributed by atoms with Crippen molar-refractivity contribution in [2.75, 3.05) is 20.1 Å². The van der Waals surface area contributed by atoms with Crippen LogP contribution < -0.4 is 0 Å². The van der Waals surface area contributed by atoms with E-state index < -0.39 is 0 Å². The van der Waals surface area contributed by atoms with E-state index in [4.69, 9.17) is 0 Å². The van der Waals surface area contributed by atoms with E-state index in [1.54, 1.807) is 0 Å². The summed E-state index contributed by atoms with van der Waals surface area (Å²) >= 11 is 0. The van der Waals surface area contributed by atoms with E-state index in [0.717, 1.165) is 18.6 Å². The standard InChI is InChI=1S/C17H28N2/c1-4-15(2)19-12-10-17(11-13-19)18(3)14-16-8-6-5-7-9-16/h5-9,15,17H,4,10-14H2,1-3H3. The first-order valence-corrected chi connectivity index (χ1v) is 7.69. The van der Waals surface area contributed by atoms with Crippen molar-refractivity contribution < 1.29 is 0 Å². The van der Waals surface area contributed by atoms with Gasteiger partial charge in [-0.2, -0.15) is 0 Å². The number of rotatable bonds is 5. The van der Waals surface area contributed by atoms with Gasteiger partial charge in [-0.1, -0.05) is 37.3 Å². The van der Waals surface area contributed by atoms with E-state index >= 15 is 0 Å². The SMILES string of the molecule is CCC(C)N1CCC(N(C)Cc2ccccc2)CC1. The fourth-order valence-electron chi connectivity index (χ4n) is 3.03. The number of benzene rings is 1. The molecule has 0 amide bonds. The van der Waals surface area contributed by atoms with Crippen molar-refractivity contribution in [1.82, 2.24) is 9.80 Å². The molecule has 1 unspecified atom stereocenters. The van der Waals surface area contributed by atoms with Gasteiger partial charge in [-0.3, -0.25) is 4.90 Å². The third kappa shape index (κ3) is 4.05.